The SMILES string of the molecule is COc1ccc(Nc2nccc(Nc3ccc4[nH]c(C)cc4c3)n2)cn1. The van der Waals surface area contributed by atoms with Gasteiger partial charge in [0.1, 0.15) is 5.82 Å². The van der Waals surface area contributed by atoms with E-state index in [-0.39, 0.29) is 0 Å². The van der Waals surface area contributed by atoms with Crippen LogP contribution in [0, 0.1) is 6.92 Å². The maximum Gasteiger partial charge on any atom is 0.229 e. The fourth-order valence-corrected chi connectivity index (χ4v) is 2.70. The molecule has 4 rings (SSSR count). The van der Waals surface area contributed by atoms with E-state index in [2.05, 4.69) is 42.7 Å². The summed E-state index contributed by atoms with van der Waals surface area (Å²) in [6.07, 6.45) is 3.37. The maximum atomic E-state index is 5.05. The Morgan fingerprint density at radius 3 is 2.65 bits per heavy atom. The zero-order valence-corrected chi connectivity index (χ0v) is 14.4. The standard InChI is InChI=1S/C19H18N6O/c1-12-9-13-10-14(3-5-16(13)22-12)23-17-7-8-20-19(25-17)24-15-4-6-18(26-2)21-11-15/h3-11,22H,1-2H3,(H2,20,23,24,25). The number of fused-ring (bicyclic) bond motifs is 1. The van der Waals surface area contributed by atoms with Crippen LogP contribution in [0.15, 0.2) is 54.9 Å². The summed E-state index contributed by atoms with van der Waals surface area (Å²) in [5.41, 5.74) is 4.00. The summed E-state index contributed by atoms with van der Waals surface area (Å²) < 4.78 is 5.05. The first-order chi connectivity index (χ1) is 12.7. The number of aromatic amines is 1. The van der Waals surface area contributed by atoms with Gasteiger partial charge in [-0.15, -0.1) is 0 Å². The lowest BCUT2D eigenvalue weighted by atomic mass is 10.2. The average molecular weight is 346 g/mol. The fraction of sp³-hybridized carbons (Fsp3) is 0.105. The highest BCUT2D eigenvalue weighted by Gasteiger charge is 2.04. The Morgan fingerprint density at radius 2 is 1.85 bits per heavy atom. The van der Waals surface area contributed by atoms with E-state index in [9.17, 15) is 0 Å². The fourth-order valence-electron chi connectivity index (χ4n) is 2.70. The van der Waals surface area contributed by atoms with Gasteiger partial charge in [-0.25, -0.2) is 9.97 Å². The summed E-state index contributed by atoms with van der Waals surface area (Å²) in [5, 5.41) is 7.59. The summed E-state index contributed by atoms with van der Waals surface area (Å²) in [4.78, 5) is 16.2. The molecule has 0 saturated carbocycles. The molecule has 26 heavy (non-hydrogen) atoms. The first-order valence-corrected chi connectivity index (χ1v) is 8.16. The molecule has 4 aromatic rings. The Balaban J connectivity index is 1.52. The second kappa shape index (κ2) is 6.72. The molecule has 7 nitrogen and oxygen atoms in total. The number of anilines is 4. The van der Waals surface area contributed by atoms with Crippen molar-refractivity contribution in [2.24, 2.45) is 0 Å². The van der Waals surface area contributed by atoms with Crippen molar-refractivity contribution < 1.29 is 4.74 Å². The van der Waals surface area contributed by atoms with E-state index in [1.54, 1.807) is 25.6 Å². The van der Waals surface area contributed by atoms with Crippen molar-refractivity contribution in [2.45, 2.75) is 6.92 Å². The molecule has 0 aliphatic carbocycles. The number of benzene rings is 1. The monoisotopic (exact) mass is 346 g/mol. The Hall–Kier alpha value is -3.61. The van der Waals surface area contributed by atoms with Gasteiger partial charge in [0.25, 0.3) is 0 Å². The number of hydrogen-bond acceptors (Lipinski definition) is 6. The number of methoxy groups -OCH3 is 1. The van der Waals surface area contributed by atoms with Crippen LogP contribution in [0.4, 0.5) is 23.1 Å². The van der Waals surface area contributed by atoms with Crippen LogP contribution in [0.2, 0.25) is 0 Å². The Labute approximate surface area is 150 Å². The summed E-state index contributed by atoms with van der Waals surface area (Å²) >= 11 is 0. The van der Waals surface area contributed by atoms with E-state index in [1.165, 1.54) is 0 Å². The van der Waals surface area contributed by atoms with E-state index < -0.39 is 0 Å². The highest BCUT2D eigenvalue weighted by atomic mass is 16.5. The molecule has 0 aliphatic heterocycles. The molecule has 130 valence electrons. The van der Waals surface area contributed by atoms with Crippen LogP contribution < -0.4 is 15.4 Å². The van der Waals surface area contributed by atoms with Gasteiger partial charge in [-0.2, -0.15) is 4.98 Å². The molecular weight excluding hydrogens is 328 g/mol. The molecule has 0 amide bonds. The van der Waals surface area contributed by atoms with Crippen molar-refractivity contribution in [1.29, 1.82) is 0 Å². The second-order valence-corrected chi connectivity index (χ2v) is 5.86. The molecule has 1 aromatic carbocycles. The number of H-pyrrole nitrogens is 1. The lowest BCUT2D eigenvalue weighted by Crippen LogP contribution is -2.00. The first-order valence-electron chi connectivity index (χ1n) is 8.16. The van der Waals surface area contributed by atoms with Crippen molar-refractivity contribution in [1.82, 2.24) is 19.9 Å². The summed E-state index contributed by atoms with van der Waals surface area (Å²) in [5.74, 6) is 1.75. The third-order valence-electron chi connectivity index (χ3n) is 3.89. The first kappa shape index (κ1) is 15.9. The normalized spacial score (nSPS) is 10.7. The van der Waals surface area contributed by atoms with Crippen LogP contribution in [-0.2, 0) is 0 Å². The summed E-state index contributed by atoms with van der Waals surface area (Å²) in [6.45, 7) is 2.05. The van der Waals surface area contributed by atoms with Crippen LogP contribution in [-0.4, -0.2) is 27.0 Å². The minimum Gasteiger partial charge on any atom is -0.481 e. The molecule has 0 atom stereocenters. The predicted molar refractivity (Wildman–Crippen MR) is 102 cm³/mol. The number of rotatable bonds is 5. The zero-order valence-electron chi connectivity index (χ0n) is 14.4. The van der Waals surface area contributed by atoms with Crippen molar-refractivity contribution in [2.75, 3.05) is 17.7 Å². The van der Waals surface area contributed by atoms with Gasteiger partial charge in [-0.05, 0) is 43.3 Å². The second-order valence-electron chi connectivity index (χ2n) is 5.86. The number of ether oxygens (including phenoxy) is 1. The van der Waals surface area contributed by atoms with Gasteiger partial charge in [0.2, 0.25) is 11.8 Å². The van der Waals surface area contributed by atoms with Gasteiger partial charge in [0.15, 0.2) is 0 Å². The predicted octanol–water partition coefficient (Wildman–Crippen LogP) is 4.16. The number of nitrogens with zero attached hydrogens (tertiary/aromatic N) is 3. The lowest BCUT2D eigenvalue weighted by molar-refractivity contribution is 0.398. The lowest BCUT2D eigenvalue weighted by Gasteiger charge is -2.09. The van der Waals surface area contributed by atoms with Crippen LogP contribution >= 0.6 is 0 Å². The minimum absolute atomic E-state index is 0.487. The van der Waals surface area contributed by atoms with E-state index >= 15 is 0 Å². The van der Waals surface area contributed by atoms with E-state index in [4.69, 9.17) is 4.74 Å². The maximum absolute atomic E-state index is 5.05. The van der Waals surface area contributed by atoms with Crippen LogP contribution in [0.25, 0.3) is 10.9 Å². The number of aromatic nitrogens is 4. The summed E-state index contributed by atoms with van der Waals surface area (Å²) in [6, 6.07) is 13.7. The smallest absolute Gasteiger partial charge is 0.229 e. The third-order valence-corrected chi connectivity index (χ3v) is 3.89. The molecular formula is C19H18N6O. The number of aryl methyl sites for hydroxylation is 1. The number of nitrogens with one attached hydrogen (secondary N) is 3. The van der Waals surface area contributed by atoms with Gasteiger partial charge in [0.05, 0.1) is 19.0 Å². The molecule has 0 aliphatic rings. The molecule has 0 spiro atoms. The van der Waals surface area contributed by atoms with Crippen LogP contribution in [0.3, 0.4) is 0 Å². The molecule has 7 heteroatoms. The Kier molecular flexibility index (Phi) is 4.10. The molecule has 0 unspecified atom stereocenters. The van der Waals surface area contributed by atoms with E-state index in [1.807, 2.05) is 31.2 Å². The molecule has 0 fully saturated rings. The molecule has 0 saturated heterocycles. The van der Waals surface area contributed by atoms with Crippen molar-refractivity contribution >= 4 is 34.0 Å². The zero-order chi connectivity index (χ0) is 17.9. The molecule has 0 bridgehead atoms. The Morgan fingerprint density at radius 1 is 0.962 bits per heavy atom. The molecule has 3 heterocycles. The Bertz CT molecular complexity index is 1040. The van der Waals surface area contributed by atoms with Gasteiger partial charge in [-0.3, -0.25) is 0 Å². The van der Waals surface area contributed by atoms with Gasteiger partial charge >= 0.3 is 0 Å². The van der Waals surface area contributed by atoms with Gasteiger partial charge in [-0.1, -0.05) is 0 Å². The number of hydrogen-bond donors (Lipinski definition) is 3. The minimum atomic E-state index is 0.487. The van der Waals surface area contributed by atoms with Crippen molar-refractivity contribution in [3.63, 3.8) is 0 Å². The van der Waals surface area contributed by atoms with Crippen LogP contribution in [0.1, 0.15) is 5.69 Å². The highest BCUT2D eigenvalue weighted by Crippen LogP contribution is 2.23. The highest BCUT2D eigenvalue weighted by molar-refractivity contribution is 5.84. The van der Waals surface area contributed by atoms with Gasteiger partial charge < -0.3 is 20.4 Å². The molecule has 3 N–H and O–H groups in total. The van der Waals surface area contributed by atoms with E-state index in [0.717, 1.165) is 28.0 Å². The summed E-state index contributed by atoms with van der Waals surface area (Å²) in [7, 11) is 1.58. The third kappa shape index (κ3) is 3.41. The van der Waals surface area contributed by atoms with E-state index in [0.29, 0.717) is 17.6 Å². The topological polar surface area (TPSA) is 87.8 Å². The van der Waals surface area contributed by atoms with Gasteiger partial charge in [0, 0.05) is 34.5 Å². The molecule has 0 radical (unpaired) electrons. The molecule has 3 aromatic heterocycles. The van der Waals surface area contributed by atoms with Crippen LogP contribution in [0.5, 0.6) is 5.88 Å². The average Bonchev–Trinajstić information content (AvgIpc) is 3.02. The van der Waals surface area contributed by atoms with Crippen molar-refractivity contribution in [3.05, 3.63) is 60.6 Å². The number of pyridine rings is 1. The largest absolute Gasteiger partial charge is 0.481 e. The quantitative estimate of drug-likeness (QED) is 0.503. The van der Waals surface area contributed by atoms with Crippen molar-refractivity contribution in [3.8, 4) is 5.88 Å².